The van der Waals surface area contributed by atoms with E-state index in [0.29, 0.717) is 0 Å². The lowest BCUT2D eigenvalue weighted by molar-refractivity contribution is -0.339. The molecule has 0 radical (unpaired) electrons. The molecule has 66 valence electrons. The Morgan fingerprint density at radius 3 is 2.73 bits per heavy atom. The van der Waals surface area contributed by atoms with E-state index in [0.717, 1.165) is 0 Å². The van der Waals surface area contributed by atoms with Crippen molar-refractivity contribution in [3.63, 3.8) is 0 Å². The van der Waals surface area contributed by atoms with Gasteiger partial charge < -0.3 is 19.3 Å². The normalized spacial score (nSPS) is 42.4. The quantitative estimate of drug-likeness (QED) is 0.604. The number of aliphatic hydroxyl groups is 1. The zero-order chi connectivity index (χ0) is 11.7. The van der Waals surface area contributed by atoms with Crippen LogP contribution in [0.3, 0.4) is 0 Å². The molecule has 11 heavy (non-hydrogen) atoms. The fourth-order valence-electron chi connectivity index (χ4n) is 1.16. The van der Waals surface area contributed by atoms with Crippen LogP contribution in [-0.2, 0) is 14.2 Å². The minimum Gasteiger partial charge on any atom is -0.362 e. The summed E-state index contributed by atoms with van der Waals surface area (Å²) in [4.78, 5) is 0. The molecule has 0 aromatic heterocycles. The third kappa shape index (κ3) is 1.16. The van der Waals surface area contributed by atoms with Crippen LogP contribution in [0, 0.1) is 0 Å². The molecule has 0 saturated carbocycles. The summed E-state index contributed by atoms with van der Waals surface area (Å²) in [5, 5.41) is 4.28. The Kier molecular flexibility index (Phi) is 1.17. The molecule has 1 rings (SSSR count). The maximum absolute atomic E-state index is 7.34. The molecule has 4 nitrogen and oxygen atoms in total. The maximum Gasteiger partial charge on any atom is 0.224 e. The molecule has 1 atom stereocenters. The van der Waals surface area contributed by atoms with E-state index in [1.807, 2.05) is 0 Å². The smallest absolute Gasteiger partial charge is 0.224 e. The SMILES string of the molecule is [2H]OC1(C([2H])([2H])[2H])OCCC1(OC)OC. The summed E-state index contributed by atoms with van der Waals surface area (Å²) in [6, 6.07) is 0. The third-order valence-electron chi connectivity index (χ3n) is 1.90. The van der Waals surface area contributed by atoms with Crippen LogP contribution in [0.1, 0.15) is 17.4 Å². The monoisotopic (exact) mass is 166 g/mol. The molecule has 0 aliphatic carbocycles. The van der Waals surface area contributed by atoms with Crippen LogP contribution in [-0.4, -0.2) is 38.9 Å². The van der Waals surface area contributed by atoms with Gasteiger partial charge in [0.25, 0.3) is 0 Å². The summed E-state index contributed by atoms with van der Waals surface area (Å²) in [7, 11) is 2.58. The van der Waals surface area contributed by atoms with E-state index in [-0.39, 0.29) is 13.0 Å². The number of hydrogen-bond donors (Lipinski definition) is 1. The lowest BCUT2D eigenvalue weighted by Gasteiger charge is -2.34. The summed E-state index contributed by atoms with van der Waals surface area (Å²) in [6.07, 6.45) is 0.192. The number of ether oxygens (including phenoxy) is 3. The zero-order valence-electron chi connectivity index (χ0n) is 10.5. The van der Waals surface area contributed by atoms with Crippen molar-refractivity contribution in [2.45, 2.75) is 24.8 Å². The van der Waals surface area contributed by atoms with Gasteiger partial charge in [0, 0.05) is 24.8 Å². The number of rotatable bonds is 3. The van der Waals surface area contributed by atoms with Crippen molar-refractivity contribution < 1.29 is 23.4 Å². The highest BCUT2D eigenvalue weighted by Crippen LogP contribution is 2.36. The lowest BCUT2D eigenvalue weighted by atomic mass is 10.1. The van der Waals surface area contributed by atoms with Gasteiger partial charge in [0.05, 0.1) is 6.61 Å². The van der Waals surface area contributed by atoms with Crippen LogP contribution in [0.25, 0.3) is 0 Å². The molecule has 1 fully saturated rings. The van der Waals surface area contributed by atoms with E-state index in [2.05, 4.69) is 5.11 Å². The Hall–Kier alpha value is -0.160. The lowest BCUT2D eigenvalue weighted by Crippen LogP contribution is -2.51. The van der Waals surface area contributed by atoms with Crippen molar-refractivity contribution in [2.75, 3.05) is 20.8 Å². The Labute approximate surface area is 71.8 Å². The van der Waals surface area contributed by atoms with Gasteiger partial charge in [0.2, 0.25) is 13.0 Å². The largest absolute Gasteiger partial charge is 0.362 e. The molecule has 4 heteroatoms. The summed E-state index contributed by atoms with van der Waals surface area (Å²) >= 11 is 0. The Bertz CT molecular complexity index is 228. The van der Waals surface area contributed by atoms with Gasteiger partial charge in [-0.15, -0.1) is 0 Å². The van der Waals surface area contributed by atoms with Crippen LogP contribution in [0.4, 0.5) is 0 Å². The van der Waals surface area contributed by atoms with E-state index >= 15 is 0 Å². The second-order valence-electron chi connectivity index (χ2n) is 2.38. The standard InChI is InChI=1S/C7H14O4/c1-6(8)7(9-2,10-3)4-5-11-6/h8H,4-5H2,1-3H3/i1D3,8D. The van der Waals surface area contributed by atoms with Gasteiger partial charge in [-0.1, -0.05) is 0 Å². The highest BCUT2D eigenvalue weighted by Gasteiger charge is 2.54. The Morgan fingerprint density at radius 2 is 2.36 bits per heavy atom. The molecule has 1 unspecified atom stereocenters. The first-order valence-electron chi connectivity index (χ1n) is 5.18. The molecule has 0 aromatic carbocycles. The van der Waals surface area contributed by atoms with Gasteiger partial charge in [0.15, 0.2) is 0 Å². The zero-order valence-corrected chi connectivity index (χ0v) is 6.55. The predicted molar refractivity (Wildman–Crippen MR) is 37.9 cm³/mol. The Balaban J connectivity index is 3.17. The molecule has 0 bridgehead atoms. The van der Waals surface area contributed by atoms with Gasteiger partial charge in [-0.05, 0) is 6.85 Å². The fourth-order valence-corrected chi connectivity index (χ4v) is 1.16. The van der Waals surface area contributed by atoms with Crippen molar-refractivity contribution in [1.82, 2.24) is 0 Å². The van der Waals surface area contributed by atoms with E-state index < -0.39 is 18.4 Å². The first-order chi connectivity index (χ1) is 6.89. The van der Waals surface area contributed by atoms with Crippen molar-refractivity contribution in [2.24, 2.45) is 0 Å². The van der Waals surface area contributed by atoms with E-state index in [1.165, 1.54) is 14.2 Å². The van der Waals surface area contributed by atoms with Gasteiger partial charge in [-0.25, -0.2) is 0 Å². The van der Waals surface area contributed by atoms with E-state index in [9.17, 15) is 0 Å². The third-order valence-corrected chi connectivity index (χ3v) is 1.90. The topological polar surface area (TPSA) is 47.9 Å². The second kappa shape index (κ2) is 2.71. The molecule has 1 aliphatic heterocycles. The van der Waals surface area contributed by atoms with Crippen LogP contribution in [0.5, 0.6) is 0 Å². The van der Waals surface area contributed by atoms with Crippen molar-refractivity contribution in [1.29, 1.82) is 1.43 Å². The highest BCUT2D eigenvalue weighted by atomic mass is 16.8. The highest BCUT2D eigenvalue weighted by molar-refractivity contribution is 4.88. The molecular formula is C7H14O4. The van der Waals surface area contributed by atoms with E-state index in [1.54, 1.807) is 0 Å². The van der Waals surface area contributed by atoms with Crippen molar-refractivity contribution >= 4 is 0 Å². The minimum atomic E-state index is -2.67. The minimum absolute atomic E-state index is 0.0962. The average Bonchev–Trinajstić information content (AvgIpc) is 2.56. The number of hydrogen-bond acceptors (Lipinski definition) is 4. The Morgan fingerprint density at radius 1 is 1.64 bits per heavy atom. The van der Waals surface area contributed by atoms with Crippen LogP contribution >= 0.6 is 0 Å². The first kappa shape index (κ1) is 4.77. The number of methoxy groups -OCH3 is 2. The molecule has 0 aromatic rings. The van der Waals surface area contributed by atoms with Crippen LogP contribution < -0.4 is 0 Å². The van der Waals surface area contributed by atoms with Gasteiger partial charge in [-0.2, -0.15) is 0 Å². The van der Waals surface area contributed by atoms with Gasteiger partial charge >= 0.3 is 0 Å². The first-order valence-corrected chi connectivity index (χ1v) is 3.28. The summed E-state index contributed by atoms with van der Waals surface area (Å²) < 4.78 is 44.0. The molecule has 1 saturated heterocycles. The molecule has 0 amide bonds. The van der Waals surface area contributed by atoms with Gasteiger partial charge in [0.1, 0.15) is 0 Å². The molecule has 0 spiro atoms. The summed E-state index contributed by atoms with van der Waals surface area (Å²) in [5.74, 6) is -3.76. The predicted octanol–water partition coefficient (Wildman–Crippen LogP) is 0.104. The van der Waals surface area contributed by atoms with Crippen molar-refractivity contribution in [3.8, 4) is 0 Å². The molecule has 1 aliphatic rings. The van der Waals surface area contributed by atoms with Crippen molar-refractivity contribution in [3.05, 3.63) is 0 Å². The van der Waals surface area contributed by atoms with Crippen LogP contribution in [0.15, 0.2) is 0 Å². The molecular weight excluding hydrogens is 148 g/mol. The molecule has 1 heterocycles. The average molecular weight is 166 g/mol. The van der Waals surface area contributed by atoms with E-state index in [4.69, 9.17) is 19.8 Å². The van der Waals surface area contributed by atoms with Crippen LogP contribution in [0.2, 0.25) is 0 Å². The summed E-state index contributed by atoms with van der Waals surface area (Å²) in [6.45, 7) is -2.57. The molecule has 1 N–H and O–H groups in total. The summed E-state index contributed by atoms with van der Waals surface area (Å²) in [5.41, 5.74) is 0. The second-order valence-corrected chi connectivity index (χ2v) is 2.38. The maximum atomic E-state index is 7.34. The fraction of sp³-hybridized carbons (Fsp3) is 1.00. The van der Waals surface area contributed by atoms with Gasteiger partial charge in [-0.3, -0.25) is 0 Å².